The van der Waals surface area contributed by atoms with Crippen LogP contribution in [0.1, 0.15) is 18.9 Å². The van der Waals surface area contributed by atoms with Gasteiger partial charge in [-0.1, -0.05) is 0 Å². The lowest BCUT2D eigenvalue weighted by molar-refractivity contribution is -0.150. The number of carbonyl (C=O) groups is 1. The molecule has 18 heavy (non-hydrogen) atoms. The van der Waals surface area contributed by atoms with Gasteiger partial charge in [-0.2, -0.15) is 0 Å². The van der Waals surface area contributed by atoms with Crippen LogP contribution in [0.15, 0.2) is 23.7 Å². The summed E-state index contributed by atoms with van der Waals surface area (Å²) in [5, 5.41) is 2.93. The summed E-state index contributed by atoms with van der Waals surface area (Å²) in [6, 6.07) is 3.91. The average molecular weight is 264 g/mol. The molecule has 1 N–H and O–H groups in total. The lowest BCUT2D eigenvalue weighted by atomic mass is 9.90. The Labute approximate surface area is 110 Å². The Balaban J connectivity index is 2.14. The van der Waals surface area contributed by atoms with E-state index < -0.39 is 5.41 Å². The molecule has 0 bridgehead atoms. The van der Waals surface area contributed by atoms with Gasteiger partial charge in [0.2, 0.25) is 0 Å². The number of carbonyl (C=O) groups excluding carboxylic acids is 1. The van der Waals surface area contributed by atoms with E-state index in [-0.39, 0.29) is 5.97 Å². The second-order valence-electron chi connectivity index (χ2n) is 4.76. The van der Waals surface area contributed by atoms with E-state index in [0.29, 0.717) is 6.42 Å². The maximum absolute atomic E-state index is 11.6. The summed E-state index contributed by atoms with van der Waals surface area (Å²) in [6.45, 7) is 3.74. The van der Waals surface area contributed by atoms with Gasteiger partial charge in [-0.05, 0) is 26.0 Å². The summed E-state index contributed by atoms with van der Waals surface area (Å²) < 4.78 is 4.80. The number of H-pyrrole nitrogens is 1. The third-order valence-electron chi connectivity index (χ3n) is 2.76. The van der Waals surface area contributed by atoms with E-state index in [1.165, 1.54) is 7.11 Å². The molecule has 0 radical (unpaired) electrons. The number of nitrogens with zero attached hydrogens (tertiary/aromatic N) is 1. The van der Waals surface area contributed by atoms with Crippen LogP contribution in [0.2, 0.25) is 0 Å². The van der Waals surface area contributed by atoms with E-state index in [2.05, 4.69) is 9.97 Å². The molecule has 2 aromatic heterocycles. The second-order valence-corrected chi connectivity index (χ2v) is 5.71. The molecule has 0 fully saturated rings. The number of ether oxygens (including phenoxy) is 1. The molecule has 4 nitrogen and oxygen atoms in total. The summed E-state index contributed by atoms with van der Waals surface area (Å²) in [4.78, 5) is 19.3. The fourth-order valence-corrected chi connectivity index (χ4v) is 2.75. The number of rotatable bonds is 4. The fourth-order valence-electron chi connectivity index (χ4n) is 1.73. The number of hydrogen-bond acceptors (Lipinski definition) is 4. The highest BCUT2D eigenvalue weighted by atomic mass is 32.1. The number of thiazole rings is 1. The molecule has 0 unspecified atom stereocenters. The SMILES string of the molecule is COC(=O)C(C)(C)Cc1nc(-c2ccc[nH]2)cs1. The van der Waals surface area contributed by atoms with Crippen LogP contribution in [0.3, 0.4) is 0 Å². The van der Waals surface area contributed by atoms with Gasteiger partial charge in [0, 0.05) is 18.0 Å². The molecule has 0 aliphatic rings. The van der Waals surface area contributed by atoms with E-state index in [1.54, 1.807) is 11.3 Å². The van der Waals surface area contributed by atoms with Gasteiger partial charge in [-0.15, -0.1) is 11.3 Å². The predicted molar refractivity (Wildman–Crippen MR) is 71.4 cm³/mol. The molecule has 0 saturated heterocycles. The summed E-state index contributed by atoms with van der Waals surface area (Å²) in [6.07, 6.45) is 2.46. The van der Waals surface area contributed by atoms with Crippen molar-refractivity contribution in [3.8, 4) is 11.4 Å². The van der Waals surface area contributed by atoms with Gasteiger partial charge in [-0.3, -0.25) is 4.79 Å². The first kappa shape index (κ1) is 12.8. The van der Waals surface area contributed by atoms with Crippen molar-refractivity contribution in [2.24, 2.45) is 5.41 Å². The molecule has 0 aliphatic carbocycles. The smallest absolute Gasteiger partial charge is 0.311 e. The van der Waals surface area contributed by atoms with E-state index in [0.717, 1.165) is 16.4 Å². The normalized spacial score (nSPS) is 11.5. The van der Waals surface area contributed by atoms with Crippen molar-refractivity contribution in [2.75, 3.05) is 7.11 Å². The standard InChI is InChI=1S/C13H16N2O2S/c1-13(2,12(16)17-3)7-11-15-10(8-18-11)9-5-4-6-14-9/h4-6,8,14H,7H2,1-3H3. The van der Waals surface area contributed by atoms with Crippen LogP contribution < -0.4 is 0 Å². The second kappa shape index (κ2) is 4.94. The Morgan fingerprint density at radius 2 is 2.33 bits per heavy atom. The summed E-state index contributed by atoms with van der Waals surface area (Å²) >= 11 is 1.56. The predicted octanol–water partition coefficient (Wildman–Crippen LogP) is 2.88. The molecule has 96 valence electrons. The average Bonchev–Trinajstić information content (AvgIpc) is 2.97. The van der Waals surface area contributed by atoms with Crippen molar-refractivity contribution in [2.45, 2.75) is 20.3 Å². The Kier molecular flexibility index (Phi) is 3.52. The quantitative estimate of drug-likeness (QED) is 0.864. The Hall–Kier alpha value is -1.62. The fraction of sp³-hybridized carbons (Fsp3) is 0.385. The molecular weight excluding hydrogens is 248 g/mol. The van der Waals surface area contributed by atoms with Crippen molar-refractivity contribution >= 4 is 17.3 Å². The number of nitrogens with one attached hydrogen (secondary N) is 1. The number of methoxy groups -OCH3 is 1. The van der Waals surface area contributed by atoms with Gasteiger partial charge in [0.05, 0.1) is 28.9 Å². The highest BCUT2D eigenvalue weighted by Gasteiger charge is 2.30. The lowest BCUT2D eigenvalue weighted by Crippen LogP contribution is -2.27. The van der Waals surface area contributed by atoms with Gasteiger partial charge < -0.3 is 9.72 Å². The largest absolute Gasteiger partial charge is 0.469 e. The van der Waals surface area contributed by atoms with E-state index >= 15 is 0 Å². The van der Waals surface area contributed by atoms with Crippen molar-refractivity contribution in [1.29, 1.82) is 0 Å². The van der Waals surface area contributed by atoms with Crippen LogP contribution in [0.25, 0.3) is 11.4 Å². The van der Waals surface area contributed by atoms with E-state index in [1.807, 2.05) is 37.6 Å². The van der Waals surface area contributed by atoms with Crippen LogP contribution in [0.4, 0.5) is 0 Å². The molecule has 0 aliphatic heterocycles. The van der Waals surface area contributed by atoms with Crippen molar-refractivity contribution in [1.82, 2.24) is 9.97 Å². The molecule has 0 saturated carbocycles. The minimum atomic E-state index is -0.542. The molecule has 5 heteroatoms. The van der Waals surface area contributed by atoms with Crippen molar-refractivity contribution < 1.29 is 9.53 Å². The van der Waals surface area contributed by atoms with Gasteiger partial charge >= 0.3 is 5.97 Å². The molecule has 0 atom stereocenters. The summed E-state index contributed by atoms with van der Waals surface area (Å²) in [5.74, 6) is -0.209. The van der Waals surface area contributed by atoms with Gasteiger partial charge in [0.1, 0.15) is 0 Å². The molecule has 2 heterocycles. The van der Waals surface area contributed by atoms with Gasteiger partial charge in [0.15, 0.2) is 0 Å². The molecule has 0 spiro atoms. The zero-order valence-electron chi connectivity index (χ0n) is 10.7. The van der Waals surface area contributed by atoms with Crippen LogP contribution in [0, 0.1) is 5.41 Å². The lowest BCUT2D eigenvalue weighted by Gasteiger charge is -2.19. The first-order chi connectivity index (χ1) is 8.53. The summed E-state index contributed by atoms with van der Waals surface area (Å²) in [5.41, 5.74) is 1.37. The van der Waals surface area contributed by atoms with Crippen LogP contribution >= 0.6 is 11.3 Å². The van der Waals surface area contributed by atoms with E-state index in [4.69, 9.17) is 4.74 Å². The minimum Gasteiger partial charge on any atom is -0.469 e. The molecular formula is C13H16N2O2S. The highest BCUT2D eigenvalue weighted by molar-refractivity contribution is 7.09. The number of hydrogen-bond donors (Lipinski definition) is 1. The number of aromatic nitrogens is 2. The van der Waals surface area contributed by atoms with Crippen LogP contribution in [-0.4, -0.2) is 23.0 Å². The molecule has 0 amide bonds. The van der Waals surface area contributed by atoms with Crippen molar-refractivity contribution in [3.63, 3.8) is 0 Å². The Bertz CT molecular complexity index is 529. The third kappa shape index (κ3) is 2.61. The Morgan fingerprint density at radius 3 is 2.94 bits per heavy atom. The van der Waals surface area contributed by atoms with Gasteiger partial charge in [0.25, 0.3) is 0 Å². The number of esters is 1. The first-order valence-corrected chi connectivity index (χ1v) is 6.57. The highest BCUT2D eigenvalue weighted by Crippen LogP contribution is 2.27. The van der Waals surface area contributed by atoms with Crippen LogP contribution in [-0.2, 0) is 16.0 Å². The zero-order valence-corrected chi connectivity index (χ0v) is 11.5. The van der Waals surface area contributed by atoms with E-state index in [9.17, 15) is 4.79 Å². The monoisotopic (exact) mass is 264 g/mol. The summed E-state index contributed by atoms with van der Waals surface area (Å²) in [7, 11) is 1.41. The van der Waals surface area contributed by atoms with Crippen molar-refractivity contribution in [3.05, 3.63) is 28.7 Å². The maximum Gasteiger partial charge on any atom is 0.311 e. The molecule has 2 aromatic rings. The number of aromatic amines is 1. The van der Waals surface area contributed by atoms with Crippen LogP contribution in [0.5, 0.6) is 0 Å². The minimum absolute atomic E-state index is 0.209. The Morgan fingerprint density at radius 1 is 1.56 bits per heavy atom. The molecule has 0 aromatic carbocycles. The zero-order chi connectivity index (χ0) is 13.2. The van der Waals surface area contributed by atoms with Gasteiger partial charge in [-0.25, -0.2) is 4.98 Å². The third-order valence-corrected chi connectivity index (χ3v) is 3.61. The maximum atomic E-state index is 11.6. The topological polar surface area (TPSA) is 55.0 Å². The first-order valence-electron chi connectivity index (χ1n) is 5.69. The molecule has 2 rings (SSSR count).